The summed E-state index contributed by atoms with van der Waals surface area (Å²) < 4.78 is 65.9. The molecule has 0 fully saturated rings. The van der Waals surface area contributed by atoms with E-state index in [1.165, 1.54) is 6.92 Å². The van der Waals surface area contributed by atoms with Gasteiger partial charge < -0.3 is 0 Å². The summed E-state index contributed by atoms with van der Waals surface area (Å²) in [7, 11) is 0. The molecule has 0 bridgehead atoms. The summed E-state index contributed by atoms with van der Waals surface area (Å²) in [5, 5.41) is 0. The van der Waals surface area contributed by atoms with E-state index in [4.69, 9.17) is 0 Å². The molecule has 20 heavy (non-hydrogen) atoms. The second kappa shape index (κ2) is 5.49. The van der Waals surface area contributed by atoms with Crippen molar-refractivity contribution in [2.24, 2.45) is 0 Å². The topological polar surface area (TPSA) is 0 Å². The smallest absolute Gasteiger partial charge is 0.170 e. The highest BCUT2D eigenvalue weighted by molar-refractivity contribution is 5.46. The lowest BCUT2D eigenvalue weighted by Crippen LogP contribution is -2.08. The van der Waals surface area contributed by atoms with Crippen LogP contribution < -0.4 is 0 Å². The summed E-state index contributed by atoms with van der Waals surface area (Å²) in [5.41, 5.74) is -0.152. The van der Waals surface area contributed by atoms with Crippen molar-refractivity contribution in [2.45, 2.75) is 19.5 Å². The van der Waals surface area contributed by atoms with E-state index in [-0.39, 0.29) is 5.57 Å². The Morgan fingerprint density at radius 3 is 2.20 bits per heavy atom. The number of hydrogen-bond acceptors (Lipinski definition) is 0. The van der Waals surface area contributed by atoms with Crippen molar-refractivity contribution in [3.8, 4) is 11.8 Å². The highest BCUT2D eigenvalue weighted by atomic mass is 19.2. The maximum atomic E-state index is 13.5. The monoisotopic (exact) mass is 284 g/mol. The molecule has 1 aromatic rings. The van der Waals surface area contributed by atoms with Crippen LogP contribution in [0.2, 0.25) is 0 Å². The fraction of sp³-hybridized carbons (Fsp3) is 0.200. The Hall–Kier alpha value is -2.09. The van der Waals surface area contributed by atoms with E-state index in [9.17, 15) is 22.0 Å². The third-order valence-electron chi connectivity index (χ3n) is 2.74. The molecule has 1 aromatic carbocycles. The molecule has 0 saturated carbocycles. The largest absolute Gasteiger partial charge is 0.239 e. The van der Waals surface area contributed by atoms with Gasteiger partial charge in [0.2, 0.25) is 0 Å². The van der Waals surface area contributed by atoms with Crippen molar-refractivity contribution >= 4 is 0 Å². The van der Waals surface area contributed by atoms with E-state index >= 15 is 0 Å². The van der Waals surface area contributed by atoms with Gasteiger partial charge in [-0.3, -0.25) is 0 Å². The summed E-state index contributed by atoms with van der Waals surface area (Å²) in [4.78, 5) is 0. The van der Waals surface area contributed by atoms with Gasteiger partial charge in [-0.05, 0) is 30.7 Å². The van der Waals surface area contributed by atoms with Crippen LogP contribution >= 0.6 is 0 Å². The lowest BCUT2D eigenvalue weighted by atomic mass is 10.0. The molecule has 0 aromatic heterocycles. The van der Waals surface area contributed by atoms with Gasteiger partial charge in [-0.1, -0.05) is 11.8 Å². The first-order valence-corrected chi connectivity index (χ1v) is 5.76. The van der Waals surface area contributed by atoms with Crippen LogP contribution in [-0.2, 0) is 0 Å². The van der Waals surface area contributed by atoms with Crippen molar-refractivity contribution in [3.63, 3.8) is 0 Å². The minimum absolute atomic E-state index is 0.0595. The van der Waals surface area contributed by atoms with Gasteiger partial charge in [0.1, 0.15) is 11.6 Å². The molecule has 0 nitrogen and oxygen atoms in total. The van der Waals surface area contributed by atoms with Crippen molar-refractivity contribution in [1.82, 2.24) is 0 Å². The van der Waals surface area contributed by atoms with Crippen molar-refractivity contribution < 1.29 is 22.0 Å². The first-order chi connectivity index (χ1) is 9.38. The fourth-order valence-corrected chi connectivity index (χ4v) is 1.76. The van der Waals surface area contributed by atoms with Gasteiger partial charge in [0.25, 0.3) is 0 Å². The number of allylic oxidation sites excluding steroid dienone is 4. The molecule has 0 saturated heterocycles. The molecule has 1 unspecified atom stereocenters. The zero-order valence-corrected chi connectivity index (χ0v) is 10.4. The third kappa shape index (κ3) is 2.90. The predicted octanol–water partition coefficient (Wildman–Crippen LogP) is 4.44. The van der Waals surface area contributed by atoms with E-state index in [0.717, 1.165) is 18.2 Å². The second-order valence-electron chi connectivity index (χ2n) is 4.39. The molecule has 0 spiro atoms. The molecule has 1 aliphatic carbocycles. The quantitative estimate of drug-likeness (QED) is 0.488. The van der Waals surface area contributed by atoms with Crippen LogP contribution in [0.15, 0.2) is 35.4 Å². The molecule has 0 aliphatic heterocycles. The Bertz CT molecular complexity index is 650. The Morgan fingerprint density at radius 2 is 1.65 bits per heavy atom. The van der Waals surface area contributed by atoms with E-state index in [2.05, 4.69) is 11.8 Å². The minimum atomic E-state index is -2.11. The summed E-state index contributed by atoms with van der Waals surface area (Å²) in [6.45, 7) is 1.52. The molecule has 0 N–H and O–H groups in total. The number of aryl methyl sites for hydroxylation is 1. The highest BCUT2D eigenvalue weighted by Crippen LogP contribution is 2.28. The number of benzene rings is 1. The maximum absolute atomic E-state index is 13.5. The zero-order chi connectivity index (χ0) is 14.9. The predicted molar refractivity (Wildman–Crippen MR) is 64.8 cm³/mol. The highest BCUT2D eigenvalue weighted by Gasteiger charge is 2.23. The molecule has 0 amide bonds. The second-order valence-corrected chi connectivity index (χ2v) is 4.39. The van der Waals surface area contributed by atoms with Crippen LogP contribution in [0.25, 0.3) is 0 Å². The molecule has 5 heteroatoms. The maximum Gasteiger partial charge on any atom is 0.170 e. The zero-order valence-electron chi connectivity index (χ0n) is 10.4. The summed E-state index contributed by atoms with van der Waals surface area (Å²) in [6, 6.07) is 2.20. The summed E-state index contributed by atoms with van der Waals surface area (Å²) in [5.74, 6) is -0.0864. The average molecular weight is 284 g/mol. The van der Waals surface area contributed by atoms with Gasteiger partial charge >= 0.3 is 0 Å². The molecule has 1 atom stereocenters. The van der Waals surface area contributed by atoms with Crippen molar-refractivity contribution in [3.05, 3.63) is 58.2 Å². The fourth-order valence-electron chi connectivity index (χ4n) is 1.76. The van der Waals surface area contributed by atoms with E-state index < -0.39 is 41.4 Å². The molecule has 0 radical (unpaired) electrons. The average Bonchev–Trinajstić information content (AvgIpc) is 2.34. The number of rotatable bonds is 0. The van der Waals surface area contributed by atoms with Gasteiger partial charge in [-0.2, -0.15) is 0 Å². The SMILES string of the molecule is Cc1cc(F)c(C#CC2=CC(F)=C(F)C(F)C2)c(F)c1. The Balaban J connectivity index is 2.36. The molecule has 2 rings (SSSR count). The van der Waals surface area contributed by atoms with Gasteiger partial charge in [-0.15, -0.1) is 0 Å². The standard InChI is InChI=1S/C15H9F5/c1-8-4-11(16)10(12(17)5-8)3-2-9-6-13(18)15(20)14(19)7-9/h4-6,14H,7H2,1H3. The van der Waals surface area contributed by atoms with E-state index in [1.54, 1.807) is 0 Å². The molecule has 104 valence electrons. The van der Waals surface area contributed by atoms with Crippen molar-refractivity contribution in [2.75, 3.05) is 0 Å². The minimum Gasteiger partial charge on any atom is -0.239 e. The van der Waals surface area contributed by atoms with E-state index in [0.29, 0.717) is 5.56 Å². The number of halogens is 5. The van der Waals surface area contributed by atoms with Crippen LogP contribution in [0.3, 0.4) is 0 Å². The summed E-state index contributed by atoms with van der Waals surface area (Å²) >= 11 is 0. The van der Waals surface area contributed by atoms with Crippen LogP contribution in [0.1, 0.15) is 17.5 Å². The lowest BCUT2D eigenvalue weighted by molar-refractivity contribution is 0.308. The van der Waals surface area contributed by atoms with Gasteiger partial charge in [0.05, 0.1) is 5.56 Å². The van der Waals surface area contributed by atoms with Crippen molar-refractivity contribution in [1.29, 1.82) is 0 Å². The van der Waals surface area contributed by atoms with Gasteiger partial charge in [0, 0.05) is 12.0 Å². The molecule has 0 heterocycles. The molecular formula is C15H9F5. The molecular weight excluding hydrogens is 275 g/mol. The van der Waals surface area contributed by atoms with Gasteiger partial charge in [-0.25, -0.2) is 22.0 Å². The lowest BCUT2D eigenvalue weighted by Gasteiger charge is -2.11. The normalized spacial score (nSPS) is 18.5. The first kappa shape index (κ1) is 14.3. The van der Waals surface area contributed by atoms with Gasteiger partial charge in [0.15, 0.2) is 17.8 Å². The molecule has 1 aliphatic rings. The Kier molecular flexibility index (Phi) is 3.93. The number of hydrogen-bond donors (Lipinski definition) is 0. The van der Waals surface area contributed by atoms with Crippen LogP contribution in [0, 0.1) is 30.4 Å². The van der Waals surface area contributed by atoms with Crippen LogP contribution in [0.5, 0.6) is 0 Å². The Morgan fingerprint density at radius 1 is 1.05 bits per heavy atom. The Labute approximate surface area is 112 Å². The van der Waals surface area contributed by atoms with Crippen LogP contribution in [0.4, 0.5) is 22.0 Å². The van der Waals surface area contributed by atoms with E-state index in [1.807, 2.05) is 0 Å². The number of alkyl halides is 1. The first-order valence-electron chi connectivity index (χ1n) is 5.76. The third-order valence-corrected chi connectivity index (χ3v) is 2.74. The summed E-state index contributed by atoms with van der Waals surface area (Å²) in [6.07, 6.45) is -1.85. The van der Waals surface area contributed by atoms with Crippen LogP contribution in [-0.4, -0.2) is 6.17 Å².